The summed E-state index contributed by atoms with van der Waals surface area (Å²) >= 11 is 0. The van der Waals surface area contributed by atoms with Crippen LogP contribution in [-0.2, 0) is 0 Å². The minimum atomic E-state index is -1.70. The molecule has 0 N–H and O–H groups in total. The molecule has 0 bridgehead atoms. The van der Waals surface area contributed by atoms with E-state index in [1.165, 1.54) is 15.9 Å². The average Bonchev–Trinajstić information content (AvgIpc) is 2.67. The molecular weight excluding hydrogens is 317 g/mol. The van der Waals surface area contributed by atoms with Gasteiger partial charge in [0.25, 0.3) is 0 Å². The Kier molecular flexibility index (Phi) is 5.27. The fraction of sp³-hybridized carbons (Fsp3) is 0.143. The summed E-state index contributed by atoms with van der Waals surface area (Å²) in [5, 5.41) is 3.97. The molecule has 0 aliphatic carbocycles. The van der Waals surface area contributed by atoms with E-state index >= 15 is 0 Å². The van der Waals surface area contributed by atoms with Crippen molar-refractivity contribution >= 4 is 23.2 Å². The lowest BCUT2D eigenvalue weighted by atomic mass is 10.3. The largest absolute Gasteiger partial charge is 0.491 e. The second-order valence-corrected chi connectivity index (χ2v) is 9.27. The van der Waals surface area contributed by atoms with E-state index in [-0.39, 0.29) is 6.61 Å². The Morgan fingerprint density at radius 1 is 0.708 bits per heavy atom. The third-order valence-electron chi connectivity index (χ3n) is 4.24. The van der Waals surface area contributed by atoms with Crippen LogP contribution < -0.4 is 20.7 Å². The van der Waals surface area contributed by atoms with E-state index in [1.54, 1.807) is 0 Å². The lowest BCUT2D eigenvalue weighted by Crippen LogP contribution is -2.30. The highest BCUT2D eigenvalue weighted by molar-refractivity contribution is 7.95. The van der Waals surface area contributed by atoms with Gasteiger partial charge < -0.3 is 4.74 Å². The molecule has 0 amide bonds. The van der Waals surface area contributed by atoms with E-state index in [2.05, 4.69) is 67.3 Å². The molecule has 0 unspecified atom stereocenters. The first-order valence-electron chi connectivity index (χ1n) is 8.02. The average molecular weight is 338 g/mol. The van der Waals surface area contributed by atoms with E-state index in [1.807, 2.05) is 24.3 Å². The third-order valence-corrected chi connectivity index (χ3v) is 8.24. The van der Waals surface area contributed by atoms with Crippen molar-refractivity contribution in [2.45, 2.75) is 0 Å². The summed E-state index contributed by atoms with van der Waals surface area (Å²) in [5.74, 6) is 0.712. The smallest absolute Gasteiger partial charge is 0.123 e. The molecule has 122 valence electrons. The maximum absolute atomic E-state index is 12.3. The van der Waals surface area contributed by atoms with Crippen molar-refractivity contribution in [3.8, 4) is 5.75 Å². The van der Waals surface area contributed by atoms with Crippen molar-refractivity contribution in [2.75, 3.05) is 19.9 Å². The van der Waals surface area contributed by atoms with Gasteiger partial charge in [-0.05, 0) is 48.5 Å². The van der Waals surface area contributed by atoms with Gasteiger partial charge in [-0.2, -0.15) is 0 Å². The monoisotopic (exact) mass is 338 g/mol. The highest BCUT2D eigenvalue weighted by Gasteiger charge is 2.39. The van der Waals surface area contributed by atoms with Gasteiger partial charge in [-0.15, -0.1) is 0 Å². The predicted octanol–water partition coefficient (Wildman–Crippen LogP) is 3.96. The molecular formula is C21H21FOP+. The molecule has 3 aromatic carbocycles. The van der Waals surface area contributed by atoms with Gasteiger partial charge in [0.1, 0.15) is 42.2 Å². The van der Waals surface area contributed by atoms with Gasteiger partial charge in [0, 0.05) is 0 Å². The first kappa shape index (κ1) is 16.7. The zero-order valence-electron chi connectivity index (χ0n) is 13.7. The Balaban J connectivity index is 2.06. The Labute approximate surface area is 143 Å². The van der Waals surface area contributed by atoms with Crippen molar-refractivity contribution in [3.63, 3.8) is 0 Å². The molecule has 0 aromatic heterocycles. The first-order valence-corrected chi connectivity index (χ1v) is 10.3. The fourth-order valence-electron chi connectivity index (χ4n) is 2.90. The highest BCUT2D eigenvalue weighted by atomic mass is 31.2. The van der Waals surface area contributed by atoms with Gasteiger partial charge in [-0.1, -0.05) is 36.4 Å². The number of rotatable bonds is 6. The van der Waals surface area contributed by atoms with Crippen LogP contribution in [0, 0.1) is 0 Å². The molecule has 0 heterocycles. The minimum Gasteiger partial charge on any atom is -0.491 e. The molecule has 3 heteroatoms. The van der Waals surface area contributed by atoms with E-state index in [0.29, 0.717) is 5.75 Å². The van der Waals surface area contributed by atoms with E-state index in [9.17, 15) is 4.39 Å². The molecule has 0 saturated heterocycles. The van der Waals surface area contributed by atoms with Gasteiger partial charge in [0.05, 0.1) is 6.66 Å². The van der Waals surface area contributed by atoms with Gasteiger partial charge in [0.15, 0.2) is 0 Å². The van der Waals surface area contributed by atoms with Crippen LogP contribution in [0.15, 0.2) is 84.9 Å². The van der Waals surface area contributed by atoms with Crippen LogP contribution in [0.1, 0.15) is 0 Å². The zero-order chi connectivity index (χ0) is 16.8. The SMILES string of the molecule is C[P+](c1ccccc1)(c1ccccc1)c1ccc(OCC[18F])cc1. The summed E-state index contributed by atoms with van der Waals surface area (Å²) in [6.07, 6.45) is 0. The van der Waals surface area contributed by atoms with Crippen LogP contribution in [-0.4, -0.2) is 19.9 Å². The van der Waals surface area contributed by atoms with Gasteiger partial charge in [-0.25, -0.2) is 4.39 Å². The molecule has 24 heavy (non-hydrogen) atoms. The summed E-state index contributed by atoms with van der Waals surface area (Å²) in [7, 11) is -1.70. The van der Waals surface area contributed by atoms with Gasteiger partial charge >= 0.3 is 0 Å². The lowest BCUT2D eigenvalue weighted by molar-refractivity contribution is 0.273. The molecule has 0 aliphatic rings. The summed E-state index contributed by atoms with van der Waals surface area (Å²) in [6, 6.07) is 29.4. The molecule has 3 aromatic rings. The first-order chi connectivity index (χ1) is 11.7. The number of benzene rings is 3. The normalized spacial score (nSPS) is 11.2. The van der Waals surface area contributed by atoms with Crippen molar-refractivity contribution < 1.29 is 9.13 Å². The van der Waals surface area contributed by atoms with Gasteiger partial charge in [0.2, 0.25) is 0 Å². The van der Waals surface area contributed by atoms with Crippen molar-refractivity contribution in [3.05, 3.63) is 84.9 Å². The van der Waals surface area contributed by atoms with E-state index in [4.69, 9.17) is 4.74 Å². The van der Waals surface area contributed by atoms with Crippen LogP contribution in [0.4, 0.5) is 4.39 Å². The second kappa shape index (κ2) is 7.59. The highest BCUT2D eigenvalue weighted by Crippen LogP contribution is 2.51. The maximum atomic E-state index is 12.3. The molecule has 1 nitrogen and oxygen atoms in total. The summed E-state index contributed by atoms with van der Waals surface area (Å²) in [5.41, 5.74) is 0. The molecule has 0 fully saturated rings. The third kappa shape index (κ3) is 3.34. The molecule has 0 aliphatic heterocycles. The van der Waals surface area contributed by atoms with Crippen molar-refractivity contribution in [2.24, 2.45) is 0 Å². The Morgan fingerprint density at radius 2 is 1.17 bits per heavy atom. The van der Waals surface area contributed by atoms with Crippen LogP contribution in [0.25, 0.3) is 0 Å². The van der Waals surface area contributed by atoms with Crippen LogP contribution >= 0.6 is 7.26 Å². The molecule has 0 atom stereocenters. The number of ether oxygens (including phenoxy) is 1. The molecule has 3 rings (SSSR count). The number of hydrogen-bond donors (Lipinski definition) is 0. The number of halogens is 1. The van der Waals surface area contributed by atoms with Crippen molar-refractivity contribution in [1.29, 1.82) is 0 Å². The van der Waals surface area contributed by atoms with Crippen LogP contribution in [0.5, 0.6) is 5.75 Å². The Bertz CT molecular complexity index is 717. The van der Waals surface area contributed by atoms with E-state index < -0.39 is 13.9 Å². The zero-order valence-corrected chi connectivity index (χ0v) is 14.6. The second-order valence-electron chi connectivity index (χ2n) is 5.71. The van der Waals surface area contributed by atoms with Crippen LogP contribution in [0.2, 0.25) is 0 Å². The summed E-state index contributed by atoms with van der Waals surface area (Å²) < 4.78 is 17.6. The standard InChI is InChI=1S/C21H21FOP/c1-24(19-8-4-2-5-9-19,20-10-6-3-7-11-20)21-14-12-18(13-15-21)23-17-16-22/h2-15H,16-17H2,1H3/q+1/i22-1. The van der Waals surface area contributed by atoms with Crippen molar-refractivity contribution in [1.82, 2.24) is 0 Å². The predicted molar refractivity (Wildman–Crippen MR) is 103 cm³/mol. The fourth-order valence-corrected chi connectivity index (χ4v) is 6.07. The number of hydrogen-bond acceptors (Lipinski definition) is 1. The summed E-state index contributed by atoms with van der Waals surface area (Å²) in [4.78, 5) is 0. The quantitative estimate of drug-likeness (QED) is 0.618. The maximum Gasteiger partial charge on any atom is 0.123 e. The lowest BCUT2D eigenvalue weighted by Gasteiger charge is -2.23. The molecule has 0 saturated carbocycles. The summed E-state index contributed by atoms with van der Waals surface area (Å²) in [6.45, 7) is 1.97. The van der Waals surface area contributed by atoms with E-state index in [0.717, 1.165) is 0 Å². The minimum absolute atomic E-state index is 0.100. The Hall–Kier alpha value is -2.18. The Morgan fingerprint density at radius 3 is 1.62 bits per heavy atom. The van der Waals surface area contributed by atoms with Crippen LogP contribution in [0.3, 0.4) is 0 Å². The topological polar surface area (TPSA) is 9.23 Å². The van der Waals surface area contributed by atoms with Gasteiger partial charge in [-0.3, -0.25) is 0 Å². The molecule has 0 spiro atoms. The number of alkyl halides is 1. The molecule has 0 radical (unpaired) electrons.